The van der Waals surface area contributed by atoms with Crippen LogP contribution in [0.5, 0.6) is 0 Å². The Balaban J connectivity index is 2.12. The Morgan fingerprint density at radius 3 is 2.94 bits per heavy atom. The van der Waals surface area contributed by atoms with Gasteiger partial charge in [0, 0.05) is 4.88 Å². The number of nitrogens with one attached hydrogen (secondary N) is 1. The van der Waals surface area contributed by atoms with E-state index in [1.165, 1.54) is 27.6 Å². The van der Waals surface area contributed by atoms with E-state index in [4.69, 9.17) is 0 Å². The van der Waals surface area contributed by atoms with Crippen molar-refractivity contribution >= 4 is 33.7 Å². The average Bonchev–Trinajstić information content (AvgIpc) is 2.87. The van der Waals surface area contributed by atoms with E-state index >= 15 is 0 Å². The summed E-state index contributed by atoms with van der Waals surface area (Å²) in [5, 5.41) is 5.39. The van der Waals surface area contributed by atoms with Crippen LogP contribution >= 0.6 is 22.7 Å². The minimum atomic E-state index is -0.0774. The highest BCUT2D eigenvalue weighted by molar-refractivity contribution is 7.16. The zero-order valence-corrected chi connectivity index (χ0v) is 10.7. The maximum Gasteiger partial charge on any atom is 0.267 e. The van der Waals surface area contributed by atoms with Crippen molar-refractivity contribution in [2.24, 2.45) is 0 Å². The molecule has 0 spiro atoms. The molecule has 2 aromatic heterocycles. The lowest BCUT2D eigenvalue weighted by Crippen LogP contribution is -2.09. The molecule has 2 heterocycles. The molecule has 0 aliphatic heterocycles. The maximum absolute atomic E-state index is 11.8. The van der Waals surface area contributed by atoms with Crippen LogP contribution in [0.25, 0.3) is 0 Å². The Morgan fingerprint density at radius 2 is 2.38 bits per heavy atom. The van der Waals surface area contributed by atoms with Crippen molar-refractivity contribution in [3.63, 3.8) is 0 Å². The molecular weight excluding hydrogens is 240 g/mol. The summed E-state index contributed by atoms with van der Waals surface area (Å²) in [6.07, 6.45) is 0.900. The molecule has 1 N–H and O–H groups in total. The van der Waals surface area contributed by atoms with Gasteiger partial charge in [-0.2, -0.15) is 0 Å². The number of aromatic nitrogens is 1. The van der Waals surface area contributed by atoms with E-state index in [1.54, 1.807) is 6.07 Å². The van der Waals surface area contributed by atoms with Gasteiger partial charge in [0.1, 0.15) is 0 Å². The minimum absolute atomic E-state index is 0.0774. The highest BCUT2D eigenvalue weighted by Gasteiger charge is 2.11. The lowest BCUT2D eigenvalue weighted by molar-refractivity contribution is 0.103. The third kappa shape index (κ3) is 2.31. The smallest absolute Gasteiger partial charge is 0.267 e. The van der Waals surface area contributed by atoms with Crippen LogP contribution in [0.4, 0.5) is 5.13 Å². The molecule has 84 valence electrons. The number of thiazole rings is 1. The molecule has 0 aliphatic carbocycles. The summed E-state index contributed by atoms with van der Waals surface area (Å²) in [5.74, 6) is -0.0774. The van der Waals surface area contributed by atoms with E-state index in [0.29, 0.717) is 10.0 Å². The summed E-state index contributed by atoms with van der Waals surface area (Å²) in [5.41, 5.74) is 1.06. The van der Waals surface area contributed by atoms with Crippen molar-refractivity contribution in [2.45, 2.75) is 20.3 Å². The number of amides is 1. The van der Waals surface area contributed by atoms with E-state index in [9.17, 15) is 4.79 Å². The second-order valence-corrected chi connectivity index (χ2v) is 5.46. The predicted molar refractivity (Wildman–Crippen MR) is 68.5 cm³/mol. The van der Waals surface area contributed by atoms with Crippen molar-refractivity contribution < 1.29 is 4.79 Å². The molecule has 0 bridgehead atoms. The fourth-order valence-corrected chi connectivity index (χ4v) is 2.89. The first-order valence-corrected chi connectivity index (χ1v) is 6.71. The molecular formula is C11H12N2OS2. The minimum Gasteiger partial charge on any atom is -0.297 e. The van der Waals surface area contributed by atoms with Gasteiger partial charge in [-0.3, -0.25) is 10.1 Å². The van der Waals surface area contributed by atoms with Crippen molar-refractivity contribution in [1.29, 1.82) is 0 Å². The molecule has 2 aromatic rings. The average molecular weight is 252 g/mol. The fraction of sp³-hybridized carbons (Fsp3) is 0.273. The number of nitrogens with zero attached hydrogens (tertiary/aromatic N) is 1. The number of hydrogen-bond acceptors (Lipinski definition) is 4. The number of hydrogen-bond donors (Lipinski definition) is 1. The van der Waals surface area contributed by atoms with Gasteiger partial charge in [0.05, 0.1) is 10.6 Å². The third-order valence-electron chi connectivity index (χ3n) is 2.19. The van der Waals surface area contributed by atoms with Crippen molar-refractivity contribution in [3.8, 4) is 0 Å². The summed E-state index contributed by atoms with van der Waals surface area (Å²) in [6, 6.07) is 3.67. The lowest BCUT2D eigenvalue weighted by atomic mass is 10.3. The molecule has 5 heteroatoms. The molecule has 0 saturated carbocycles. The van der Waals surface area contributed by atoms with Crippen LogP contribution in [0.2, 0.25) is 0 Å². The molecule has 2 rings (SSSR count). The first-order valence-electron chi connectivity index (χ1n) is 5.02. The molecule has 0 radical (unpaired) electrons. The van der Waals surface area contributed by atoms with Gasteiger partial charge in [-0.05, 0) is 24.8 Å². The molecule has 1 amide bonds. The molecule has 0 atom stereocenters. The molecule has 0 aromatic carbocycles. The molecule has 16 heavy (non-hydrogen) atoms. The van der Waals surface area contributed by atoms with Gasteiger partial charge in [0.15, 0.2) is 5.13 Å². The molecule has 0 unspecified atom stereocenters. The predicted octanol–water partition coefficient (Wildman–Crippen LogP) is 3.33. The quantitative estimate of drug-likeness (QED) is 0.910. The zero-order chi connectivity index (χ0) is 11.5. The van der Waals surface area contributed by atoms with Gasteiger partial charge in [-0.1, -0.05) is 13.0 Å². The Morgan fingerprint density at radius 1 is 1.56 bits per heavy atom. The van der Waals surface area contributed by atoms with Crippen molar-refractivity contribution in [1.82, 2.24) is 4.98 Å². The first-order chi connectivity index (χ1) is 7.70. The highest BCUT2D eigenvalue weighted by atomic mass is 32.1. The van der Waals surface area contributed by atoms with Crippen molar-refractivity contribution in [3.05, 3.63) is 33.0 Å². The maximum atomic E-state index is 11.8. The molecule has 0 saturated heterocycles. The largest absolute Gasteiger partial charge is 0.297 e. The van der Waals surface area contributed by atoms with Gasteiger partial charge in [-0.15, -0.1) is 22.7 Å². The normalized spacial score (nSPS) is 10.4. The Kier molecular flexibility index (Phi) is 3.36. The number of carbonyl (C=O) groups excluding carboxylic acids is 1. The zero-order valence-electron chi connectivity index (χ0n) is 9.11. The fourth-order valence-electron chi connectivity index (χ4n) is 1.38. The van der Waals surface area contributed by atoms with Crippen LogP contribution in [-0.4, -0.2) is 10.9 Å². The summed E-state index contributed by atoms with van der Waals surface area (Å²) in [4.78, 5) is 18.0. The highest BCUT2D eigenvalue weighted by Crippen LogP contribution is 2.23. The number of rotatable bonds is 3. The van der Waals surface area contributed by atoms with Gasteiger partial charge >= 0.3 is 0 Å². The van der Waals surface area contributed by atoms with Gasteiger partial charge in [0.2, 0.25) is 0 Å². The summed E-state index contributed by atoms with van der Waals surface area (Å²) in [7, 11) is 0. The number of thiophene rings is 1. The van der Waals surface area contributed by atoms with Crippen molar-refractivity contribution in [2.75, 3.05) is 5.32 Å². The molecule has 3 nitrogen and oxygen atoms in total. The summed E-state index contributed by atoms with van der Waals surface area (Å²) < 4.78 is 0. The molecule has 0 fully saturated rings. The number of anilines is 1. The van der Waals surface area contributed by atoms with Gasteiger partial charge in [-0.25, -0.2) is 4.98 Å². The molecule has 0 aliphatic rings. The Hall–Kier alpha value is -1.20. The van der Waals surface area contributed by atoms with Crippen LogP contribution in [0.3, 0.4) is 0 Å². The van der Waals surface area contributed by atoms with E-state index in [2.05, 4.69) is 17.2 Å². The monoisotopic (exact) mass is 252 g/mol. The topological polar surface area (TPSA) is 42.0 Å². The van der Waals surface area contributed by atoms with E-state index in [0.717, 1.165) is 12.1 Å². The SMILES string of the molecule is CCc1nc(NC(=O)c2cccs2)sc1C. The van der Waals surface area contributed by atoms with E-state index < -0.39 is 0 Å². The standard InChI is InChI=1S/C11H12N2OS2/c1-3-8-7(2)16-11(12-8)13-10(14)9-5-4-6-15-9/h4-6H,3H2,1-2H3,(H,12,13,14). The van der Waals surface area contributed by atoms with E-state index in [1.807, 2.05) is 18.4 Å². The van der Waals surface area contributed by atoms with E-state index in [-0.39, 0.29) is 5.91 Å². The summed E-state index contributed by atoms with van der Waals surface area (Å²) in [6.45, 7) is 4.09. The van der Waals surface area contributed by atoms with Crippen LogP contribution in [0, 0.1) is 6.92 Å². The third-order valence-corrected chi connectivity index (χ3v) is 3.99. The summed E-state index contributed by atoms with van der Waals surface area (Å²) >= 11 is 2.96. The van der Waals surface area contributed by atoms with Gasteiger partial charge in [0.25, 0.3) is 5.91 Å². The van der Waals surface area contributed by atoms with Gasteiger partial charge < -0.3 is 0 Å². The second-order valence-electron chi connectivity index (χ2n) is 3.31. The van der Waals surface area contributed by atoms with Crippen LogP contribution in [-0.2, 0) is 6.42 Å². The van der Waals surface area contributed by atoms with Crippen LogP contribution < -0.4 is 5.32 Å². The number of aryl methyl sites for hydroxylation is 2. The second kappa shape index (κ2) is 4.76. The Labute approximate surface area is 102 Å². The Bertz CT molecular complexity index is 488. The number of carbonyl (C=O) groups is 1. The lowest BCUT2D eigenvalue weighted by Gasteiger charge is -1.97. The van der Waals surface area contributed by atoms with Crippen LogP contribution in [0.15, 0.2) is 17.5 Å². The first kappa shape index (κ1) is 11.3. The van der Waals surface area contributed by atoms with Crippen LogP contribution in [0.1, 0.15) is 27.2 Å².